The van der Waals surface area contributed by atoms with Crippen LogP contribution in [0, 0.1) is 11.3 Å². The SMILES string of the molecule is [2H]C1([2H])CC1([2H])C1=C(C(C)(C)C)CC=C1. The highest BCUT2D eigenvalue weighted by molar-refractivity contribution is 5.40. The van der Waals surface area contributed by atoms with Crippen LogP contribution in [0.5, 0.6) is 0 Å². The summed E-state index contributed by atoms with van der Waals surface area (Å²) < 4.78 is 23.5. The lowest BCUT2D eigenvalue weighted by Gasteiger charge is -2.22. The van der Waals surface area contributed by atoms with Crippen LogP contribution in [0.2, 0.25) is 0 Å². The third-order valence-corrected chi connectivity index (χ3v) is 2.52. The molecule has 0 saturated heterocycles. The molecule has 0 radical (unpaired) electrons. The Hall–Kier alpha value is -0.520. The Labute approximate surface area is 79.6 Å². The smallest absolute Gasteiger partial charge is 0.0352 e. The predicted octanol–water partition coefficient (Wildman–Crippen LogP) is 3.70. The predicted molar refractivity (Wildman–Crippen MR) is 53.0 cm³/mol. The summed E-state index contributed by atoms with van der Waals surface area (Å²) in [5.41, 5.74) is 2.21. The highest BCUT2D eigenvalue weighted by Gasteiger charge is 2.31. The van der Waals surface area contributed by atoms with Gasteiger partial charge < -0.3 is 0 Å². The number of hydrogen-bond acceptors (Lipinski definition) is 0. The maximum atomic E-state index is 8.17. The summed E-state index contributed by atoms with van der Waals surface area (Å²) in [5, 5.41) is 0. The van der Waals surface area contributed by atoms with Gasteiger partial charge in [-0.15, -0.1) is 0 Å². The second-order valence-electron chi connectivity index (χ2n) is 4.58. The summed E-state index contributed by atoms with van der Waals surface area (Å²) in [6.07, 6.45) is 3.92. The maximum absolute atomic E-state index is 8.17. The fourth-order valence-electron chi connectivity index (χ4n) is 1.73. The minimum Gasteiger partial charge on any atom is -0.0801 e. The quantitative estimate of drug-likeness (QED) is 0.556. The van der Waals surface area contributed by atoms with E-state index in [2.05, 4.69) is 26.8 Å². The molecule has 1 atom stereocenters. The lowest BCUT2D eigenvalue weighted by molar-refractivity contribution is 0.490. The largest absolute Gasteiger partial charge is 0.0801 e. The van der Waals surface area contributed by atoms with Crippen LogP contribution < -0.4 is 0 Å². The van der Waals surface area contributed by atoms with Crippen molar-refractivity contribution in [2.75, 3.05) is 0 Å². The Morgan fingerprint density at radius 2 is 2.25 bits per heavy atom. The van der Waals surface area contributed by atoms with E-state index in [-0.39, 0.29) is 5.41 Å². The monoisotopic (exact) mass is 165 g/mol. The average Bonchev–Trinajstić information content (AvgIpc) is 2.51. The summed E-state index contributed by atoms with van der Waals surface area (Å²) in [5.74, 6) is -0.970. The van der Waals surface area contributed by atoms with Crippen molar-refractivity contribution >= 4 is 0 Å². The summed E-state index contributed by atoms with van der Waals surface area (Å²) >= 11 is 0. The molecule has 0 amide bonds. The molecule has 0 aromatic rings. The zero-order valence-electron chi connectivity index (χ0n) is 11.1. The molecular formula is C12H18. The van der Waals surface area contributed by atoms with Crippen LogP contribution in [0.1, 0.15) is 44.1 Å². The summed E-state index contributed by atoms with van der Waals surface area (Å²) in [6, 6.07) is 0. The van der Waals surface area contributed by atoms with Crippen LogP contribution in [0.15, 0.2) is 23.3 Å². The van der Waals surface area contributed by atoms with E-state index in [0.717, 1.165) is 12.0 Å². The molecule has 0 bridgehead atoms. The minimum absolute atomic E-state index is 0.0472. The van der Waals surface area contributed by atoms with Gasteiger partial charge >= 0.3 is 0 Å². The first-order valence-electron chi connectivity index (χ1n) is 6.09. The van der Waals surface area contributed by atoms with Gasteiger partial charge in [-0.25, -0.2) is 0 Å². The van der Waals surface area contributed by atoms with Gasteiger partial charge in [0.2, 0.25) is 0 Å². The summed E-state index contributed by atoms with van der Waals surface area (Å²) in [7, 11) is 0. The minimum atomic E-state index is -1.33. The molecular weight excluding hydrogens is 144 g/mol. The molecule has 0 aliphatic heterocycles. The molecule has 2 aliphatic rings. The molecule has 0 N–H and O–H groups in total. The summed E-state index contributed by atoms with van der Waals surface area (Å²) in [4.78, 5) is 0. The fourth-order valence-corrected chi connectivity index (χ4v) is 1.73. The van der Waals surface area contributed by atoms with E-state index in [1.807, 2.05) is 6.08 Å². The van der Waals surface area contributed by atoms with Crippen LogP contribution >= 0.6 is 0 Å². The molecule has 12 heavy (non-hydrogen) atoms. The van der Waals surface area contributed by atoms with Crippen molar-refractivity contribution in [1.29, 1.82) is 0 Å². The molecule has 1 unspecified atom stereocenters. The zero-order valence-corrected chi connectivity index (χ0v) is 8.07. The third kappa shape index (κ3) is 1.35. The van der Waals surface area contributed by atoms with E-state index in [1.54, 1.807) is 0 Å². The molecule has 2 aliphatic carbocycles. The van der Waals surface area contributed by atoms with Crippen LogP contribution in [-0.2, 0) is 0 Å². The second-order valence-corrected chi connectivity index (χ2v) is 4.58. The molecule has 66 valence electrons. The first-order chi connectivity index (χ1) is 6.68. The van der Waals surface area contributed by atoms with Gasteiger partial charge in [0.05, 0.1) is 0 Å². The van der Waals surface area contributed by atoms with Gasteiger partial charge in [0, 0.05) is 4.11 Å². The van der Waals surface area contributed by atoms with Gasteiger partial charge in [-0.2, -0.15) is 0 Å². The lowest BCUT2D eigenvalue weighted by atomic mass is 9.83. The molecule has 0 spiro atoms. The lowest BCUT2D eigenvalue weighted by Crippen LogP contribution is -2.09. The molecule has 1 saturated carbocycles. The van der Waals surface area contributed by atoms with Gasteiger partial charge in [-0.05, 0) is 36.1 Å². The van der Waals surface area contributed by atoms with E-state index < -0.39 is 12.3 Å². The Morgan fingerprint density at radius 3 is 2.75 bits per heavy atom. The molecule has 0 nitrogen and oxygen atoms in total. The van der Waals surface area contributed by atoms with E-state index in [0.29, 0.717) is 6.42 Å². The van der Waals surface area contributed by atoms with E-state index in [4.69, 9.17) is 4.11 Å². The Morgan fingerprint density at radius 1 is 1.58 bits per heavy atom. The topological polar surface area (TPSA) is 0 Å². The molecule has 2 rings (SSSR count). The van der Waals surface area contributed by atoms with Crippen LogP contribution in [-0.4, -0.2) is 0 Å². The molecule has 0 heteroatoms. The van der Waals surface area contributed by atoms with Crippen LogP contribution in [0.4, 0.5) is 0 Å². The van der Waals surface area contributed by atoms with Gasteiger partial charge in [0.1, 0.15) is 0 Å². The van der Waals surface area contributed by atoms with Crippen LogP contribution in [0.25, 0.3) is 0 Å². The molecule has 0 aromatic heterocycles. The number of hydrogen-bond donors (Lipinski definition) is 0. The normalized spacial score (nSPS) is 42.4. The van der Waals surface area contributed by atoms with Crippen molar-refractivity contribution in [3.05, 3.63) is 23.3 Å². The highest BCUT2D eigenvalue weighted by atomic mass is 14.4. The number of rotatable bonds is 1. The zero-order chi connectivity index (χ0) is 11.5. The Kier molecular flexibility index (Phi) is 1.09. The Balaban J connectivity index is 2.40. The Bertz CT molecular complexity index is 358. The standard InChI is InChI=1S/C12H18/c1-12(2,3)11-6-4-5-10(11)9-7-8-9/h4-5,9H,6-8H2,1-3H3/i7D2,9D. The average molecular weight is 165 g/mol. The highest BCUT2D eigenvalue weighted by Crippen LogP contribution is 2.46. The van der Waals surface area contributed by atoms with E-state index in [9.17, 15) is 0 Å². The second kappa shape index (κ2) is 2.48. The van der Waals surface area contributed by atoms with Gasteiger partial charge in [0.25, 0.3) is 0 Å². The maximum Gasteiger partial charge on any atom is 0.0352 e. The van der Waals surface area contributed by atoms with Crippen molar-refractivity contribution in [2.45, 2.75) is 40.0 Å². The van der Waals surface area contributed by atoms with E-state index >= 15 is 0 Å². The molecule has 0 heterocycles. The van der Waals surface area contributed by atoms with Crippen molar-refractivity contribution in [3.63, 3.8) is 0 Å². The van der Waals surface area contributed by atoms with Crippen molar-refractivity contribution in [2.24, 2.45) is 11.3 Å². The van der Waals surface area contributed by atoms with Crippen LogP contribution in [0.3, 0.4) is 0 Å². The third-order valence-electron chi connectivity index (χ3n) is 2.52. The van der Waals surface area contributed by atoms with Crippen molar-refractivity contribution < 1.29 is 4.11 Å². The van der Waals surface area contributed by atoms with Crippen molar-refractivity contribution in [3.8, 4) is 0 Å². The number of allylic oxidation sites excluding steroid dienone is 4. The molecule has 0 aromatic carbocycles. The van der Waals surface area contributed by atoms with E-state index in [1.165, 1.54) is 5.57 Å². The first-order valence-corrected chi connectivity index (χ1v) is 4.59. The van der Waals surface area contributed by atoms with Gasteiger partial charge in [0.15, 0.2) is 0 Å². The first kappa shape index (κ1) is 5.26. The summed E-state index contributed by atoms with van der Waals surface area (Å²) in [6.45, 7) is 6.41. The van der Waals surface area contributed by atoms with Gasteiger partial charge in [-0.3, -0.25) is 0 Å². The molecule has 1 fully saturated rings. The fraction of sp³-hybridized carbons (Fsp3) is 0.667. The van der Waals surface area contributed by atoms with Gasteiger partial charge in [-0.1, -0.05) is 38.5 Å². The van der Waals surface area contributed by atoms with Crippen molar-refractivity contribution in [1.82, 2.24) is 0 Å².